The zero-order valence-electron chi connectivity index (χ0n) is 16.0. The van der Waals surface area contributed by atoms with Crippen LogP contribution in [0.4, 0.5) is 4.79 Å². The second-order valence-electron chi connectivity index (χ2n) is 6.57. The number of rotatable bonds is 8. The Morgan fingerprint density at radius 3 is 2.15 bits per heavy atom. The van der Waals surface area contributed by atoms with E-state index >= 15 is 0 Å². The van der Waals surface area contributed by atoms with E-state index in [4.69, 9.17) is 18.9 Å². The van der Waals surface area contributed by atoms with E-state index in [0.717, 1.165) is 5.56 Å². The highest BCUT2D eigenvalue weighted by molar-refractivity contribution is 5.80. The van der Waals surface area contributed by atoms with Gasteiger partial charge in [-0.1, -0.05) is 6.07 Å². The van der Waals surface area contributed by atoms with Crippen LogP contribution in [0, 0.1) is 0 Å². The van der Waals surface area contributed by atoms with Crippen LogP contribution < -0.4 is 19.5 Å². The highest BCUT2D eigenvalue weighted by atomic mass is 16.6. The van der Waals surface area contributed by atoms with Gasteiger partial charge in [-0.3, -0.25) is 0 Å². The lowest BCUT2D eigenvalue weighted by Crippen LogP contribution is -2.43. The van der Waals surface area contributed by atoms with Crippen molar-refractivity contribution in [2.45, 2.75) is 45.3 Å². The van der Waals surface area contributed by atoms with Gasteiger partial charge in [-0.05, 0) is 45.2 Å². The van der Waals surface area contributed by atoms with Crippen LogP contribution in [0.15, 0.2) is 12.1 Å². The van der Waals surface area contributed by atoms with E-state index in [2.05, 4.69) is 5.32 Å². The molecule has 0 saturated heterocycles. The summed E-state index contributed by atoms with van der Waals surface area (Å²) < 4.78 is 21.0. The number of benzene rings is 1. The van der Waals surface area contributed by atoms with Crippen LogP contribution in [-0.2, 0) is 16.0 Å². The maximum Gasteiger partial charge on any atom is 0.408 e. The van der Waals surface area contributed by atoms with Crippen molar-refractivity contribution >= 4 is 12.1 Å². The van der Waals surface area contributed by atoms with E-state index in [1.807, 2.05) is 0 Å². The fourth-order valence-corrected chi connectivity index (χ4v) is 2.37. The van der Waals surface area contributed by atoms with Gasteiger partial charge in [0.15, 0.2) is 11.5 Å². The molecule has 0 aromatic heterocycles. The maximum atomic E-state index is 11.8. The third kappa shape index (κ3) is 6.02. The first-order chi connectivity index (χ1) is 12.1. The summed E-state index contributed by atoms with van der Waals surface area (Å²) in [6, 6.07) is 2.39. The first-order valence-corrected chi connectivity index (χ1v) is 8.13. The lowest BCUT2D eigenvalue weighted by Gasteiger charge is -2.22. The molecule has 26 heavy (non-hydrogen) atoms. The Hall–Kier alpha value is -2.64. The quantitative estimate of drug-likeness (QED) is 0.726. The van der Waals surface area contributed by atoms with Crippen LogP contribution >= 0.6 is 0 Å². The summed E-state index contributed by atoms with van der Waals surface area (Å²) in [5.74, 6) is 0.262. The Morgan fingerprint density at radius 1 is 1.08 bits per heavy atom. The highest BCUT2D eigenvalue weighted by Gasteiger charge is 2.25. The number of carboxylic acids is 1. The van der Waals surface area contributed by atoms with Gasteiger partial charge in [0.25, 0.3) is 0 Å². The number of carbonyl (C=O) groups is 2. The van der Waals surface area contributed by atoms with E-state index in [1.54, 1.807) is 32.9 Å². The van der Waals surface area contributed by atoms with Gasteiger partial charge in [-0.25, -0.2) is 9.59 Å². The van der Waals surface area contributed by atoms with Crippen LogP contribution in [-0.4, -0.2) is 50.1 Å². The summed E-state index contributed by atoms with van der Waals surface area (Å²) in [5, 5.41) is 11.7. The normalized spacial score (nSPS) is 12.1. The first-order valence-electron chi connectivity index (χ1n) is 8.13. The van der Waals surface area contributed by atoms with Crippen LogP contribution in [0.1, 0.15) is 32.8 Å². The number of carbonyl (C=O) groups excluding carboxylic acids is 1. The monoisotopic (exact) mass is 369 g/mol. The third-order valence-electron chi connectivity index (χ3n) is 3.48. The molecule has 146 valence electrons. The number of carboxylic acid groups (broad SMARTS) is 1. The van der Waals surface area contributed by atoms with E-state index in [9.17, 15) is 14.7 Å². The van der Waals surface area contributed by atoms with Crippen molar-refractivity contribution in [3.8, 4) is 17.2 Å². The standard InChI is InChI=1S/C18H27NO7/c1-18(2,3)26-17(22)19-12(16(20)21)9-7-11-8-10-13(23-4)15(25-6)14(11)24-5/h8,10,12H,7,9H2,1-6H3,(H,19,22)(H,20,21)/t12-/m0/s1. The molecule has 1 aromatic carbocycles. The predicted molar refractivity (Wildman–Crippen MR) is 95.2 cm³/mol. The van der Waals surface area contributed by atoms with Crippen LogP contribution in [0.25, 0.3) is 0 Å². The molecular weight excluding hydrogens is 342 g/mol. The summed E-state index contributed by atoms with van der Waals surface area (Å²) in [5.41, 5.74) is 0.0297. The Morgan fingerprint density at radius 2 is 1.69 bits per heavy atom. The van der Waals surface area contributed by atoms with Crippen molar-refractivity contribution in [2.24, 2.45) is 0 Å². The number of amides is 1. The third-order valence-corrected chi connectivity index (χ3v) is 3.48. The smallest absolute Gasteiger partial charge is 0.408 e. The minimum absolute atomic E-state index is 0.153. The first kappa shape index (κ1) is 21.4. The summed E-state index contributed by atoms with van der Waals surface area (Å²) in [6.07, 6.45) is -0.277. The zero-order chi connectivity index (χ0) is 19.9. The number of hydrogen-bond acceptors (Lipinski definition) is 6. The predicted octanol–water partition coefficient (Wildman–Crippen LogP) is 2.62. The van der Waals surface area contributed by atoms with E-state index in [0.29, 0.717) is 23.7 Å². The van der Waals surface area contributed by atoms with Gasteiger partial charge in [0, 0.05) is 0 Å². The van der Waals surface area contributed by atoms with Gasteiger partial charge in [0.05, 0.1) is 21.3 Å². The molecule has 1 amide bonds. The molecule has 1 aromatic rings. The summed E-state index contributed by atoms with van der Waals surface area (Å²) in [6.45, 7) is 5.12. The van der Waals surface area contributed by atoms with Crippen LogP contribution in [0.5, 0.6) is 17.2 Å². The van der Waals surface area contributed by atoms with E-state index in [1.165, 1.54) is 21.3 Å². The molecule has 0 aliphatic rings. The Bertz CT molecular complexity index is 637. The molecule has 0 fully saturated rings. The van der Waals surface area contributed by atoms with Crippen molar-refractivity contribution in [3.63, 3.8) is 0 Å². The minimum atomic E-state index is -1.14. The van der Waals surface area contributed by atoms with Crippen molar-refractivity contribution in [1.82, 2.24) is 5.32 Å². The average Bonchev–Trinajstić information content (AvgIpc) is 2.55. The number of nitrogens with one attached hydrogen (secondary N) is 1. The van der Waals surface area contributed by atoms with Crippen molar-refractivity contribution in [3.05, 3.63) is 17.7 Å². The molecule has 1 atom stereocenters. The van der Waals surface area contributed by atoms with Gasteiger partial charge in [-0.15, -0.1) is 0 Å². The van der Waals surface area contributed by atoms with Gasteiger partial charge >= 0.3 is 12.1 Å². The van der Waals surface area contributed by atoms with E-state index in [-0.39, 0.29) is 6.42 Å². The number of methoxy groups -OCH3 is 3. The molecule has 8 nitrogen and oxygen atoms in total. The van der Waals surface area contributed by atoms with Gasteiger partial charge in [0.1, 0.15) is 11.6 Å². The van der Waals surface area contributed by atoms with Crippen LogP contribution in [0.2, 0.25) is 0 Å². The highest BCUT2D eigenvalue weighted by Crippen LogP contribution is 2.40. The number of aliphatic carboxylic acids is 1. The topological polar surface area (TPSA) is 103 Å². The molecule has 0 aliphatic heterocycles. The summed E-state index contributed by atoms with van der Waals surface area (Å²) >= 11 is 0. The van der Waals surface area contributed by atoms with Crippen LogP contribution in [0.3, 0.4) is 0 Å². The number of alkyl carbamates (subject to hydrolysis) is 1. The molecule has 0 aliphatic carbocycles. The molecule has 8 heteroatoms. The van der Waals surface area contributed by atoms with Crippen molar-refractivity contribution < 1.29 is 33.6 Å². The molecule has 0 radical (unpaired) electrons. The molecule has 0 heterocycles. The number of ether oxygens (including phenoxy) is 4. The second-order valence-corrected chi connectivity index (χ2v) is 6.57. The number of hydrogen-bond donors (Lipinski definition) is 2. The fraction of sp³-hybridized carbons (Fsp3) is 0.556. The van der Waals surface area contributed by atoms with Crippen molar-refractivity contribution in [2.75, 3.05) is 21.3 Å². The zero-order valence-corrected chi connectivity index (χ0v) is 16.0. The molecule has 0 saturated carbocycles. The second kappa shape index (κ2) is 9.17. The molecule has 0 bridgehead atoms. The Labute approximate surface area is 153 Å². The maximum absolute atomic E-state index is 11.8. The molecule has 2 N–H and O–H groups in total. The lowest BCUT2D eigenvalue weighted by atomic mass is 10.0. The van der Waals surface area contributed by atoms with Crippen molar-refractivity contribution in [1.29, 1.82) is 0 Å². The molecule has 0 unspecified atom stereocenters. The Balaban J connectivity index is 2.90. The molecule has 0 spiro atoms. The minimum Gasteiger partial charge on any atom is -0.493 e. The van der Waals surface area contributed by atoms with Gasteiger partial charge in [-0.2, -0.15) is 0 Å². The van der Waals surface area contributed by atoms with Gasteiger partial charge in [0.2, 0.25) is 5.75 Å². The fourth-order valence-electron chi connectivity index (χ4n) is 2.37. The average molecular weight is 369 g/mol. The summed E-state index contributed by atoms with van der Waals surface area (Å²) in [7, 11) is 4.50. The SMILES string of the molecule is COc1ccc(CC[C@H](NC(=O)OC(C)(C)C)C(=O)O)c(OC)c1OC. The Kier molecular flexibility index (Phi) is 7.55. The lowest BCUT2D eigenvalue weighted by molar-refractivity contribution is -0.139. The largest absolute Gasteiger partial charge is 0.493 e. The summed E-state index contributed by atoms with van der Waals surface area (Å²) in [4.78, 5) is 23.3. The molecule has 1 rings (SSSR count). The van der Waals surface area contributed by atoms with E-state index < -0.39 is 23.7 Å². The molecular formula is C18H27NO7. The van der Waals surface area contributed by atoms with Gasteiger partial charge < -0.3 is 29.4 Å². The number of aryl methyl sites for hydroxylation is 1.